The van der Waals surface area contributed by atoms with Crippen LogP contribution in [0, 0.1) is 11.3 Å². The van der Waals surface area contributed by atoms with E-state index in [0.717, 1.165) is 12.5 Å². The summed E-state index contributed by atoms with van der Waals surface area (Å²) in [5.74, 6) is 0.853. The van der Waals surface area contributed by atoms with Crippen LogP contribution in [0.4, 0.5) is 0 Å². The lowest BCUT2D eigenvalue weighted by Gasteiger charge is -2.24. The molecule has 3 heteroatoms. The first-order chi connectivity index (χ1) is 5.70. The zero-order chi connectivity index (χ0) is 9.03. The van der Waals surface area contributed by atoms with E-state index in [1.165, 1.54) is 12.8 Å². The summed E-state index contributed by atoms with van der Waals surface area (Å²) in [7, 11) is 0. The minimum Gasteiger partial charge on any atom is -0.396 e. The second kappa shape index (κ2) is 4.21. The lowest BCUT2D eigenvalue weighted by atomic mass is 9.93. The Morgan fingerprint density at radius 1 is 1.33 bits per heavy atom. The molecule has 0 atom stereocenters. The van der Waals surface area contributed by atoms with Gasteiger partial charge in [-0.3, -0.25) is 0 Å². The predicted molar refractivity (Wildman–Crippen MR) is 47.9 cm³/mol. The summed E-state index contributed by atoms with van der Waals surface area (Å²) in [5, 5.41) is 21.2. The Morgan fingerprint density at radius 2 is 1.92 bits per heavy atom. The van der Waals surface area contributed by atoms with E-state index in [2.05, 4.69) is 5.32 Å². The second-order valence-electron chi connectivity index (χ2n) is 4.20. The van der Waals surface area contributed by atoms with Crippen molar-refractivity contribution in [1.29, 1.82) is 0 Å². The molecule has 0 spiro atoms. The van der Waals surface area contributed by atoms with E-state index in [-0.39, 0.29) is 18.6 Å². The zero-order valence-corrected chi connectivity index (χ0v) is 7.71. The van der Waals surface area contributed by atoms with E-state index in [4.69, 9.17) is 10.2 Å². The maximum atomic E-state index is 8.97. The lowest BCUT2D eigenvalue weighted by Crippen LogP contribution is -2.38. The molecule has 1 rings (SSSR count). The highest BCUT2D eigenvalue weighted by atomic mass is 16.3. The third kappa shape index (κ3) is 3.09. The number of aliphatic hydroxyl groups is 2. The van der Waals surface area contributed by atoms with Crippen molar-refractivity contribution in [2.75, 3.05) is 26.3 Å². The second-order valence-corrected chi connectivity index (χ2v) is 4.20. The van der Waals surface area contributed by atoms with Crippen LogP contribution >= 0.6 is 0 Å². The zero-order valence-electron chi connectivity index (χ0n) is 7.71. The van der Waals surface area contributed by atoms with Crippen molar-refractivity contribution in [2.24, 2.45) is 11.3 Å². The Bertz CT molecular complexity index is 130. The maximum Gasteiger partial charge on any atom is 0.0518 e. The summed E-state index contributed by atoms with van der Waals surface area (Å²) in [6, 6.07) is 0. The molecule has 3 N–H and O–H groups in total. The van der Waals surface area contributed by atoms with Gasteiger partial charge in [0.2, 0.25) is 0 Å². The summed E-state index contributed by atoms with van der Waals surface area (Å²) in [6.07, 6.45) is 2.67. The van der Waals surface area contributed by atoms with E-state index < -0.39 is 0 Å². The molecule has 0 aromatic rings. The molecule has 0 saturated heterocycles. The van der Waals surface area contributed by atoms with E-state index in [0.29, 0.717) is 6.54 Å². The minimum absolute atomic E-state index is 0.0428. The average molecular weight is 173 g/mol. The Hall–Kier alpha value is -0.120. The smallest absolute Gasteiger partial charge is 0.0518 e. The van der Waals surface area contributed by atoms with Gasteiger partial charge in [-0.15, -0.1) is 0 Å². The lowest BCUT2D eigenvalue weighted by molar-refractivity contribution is 0.0697. The Labute approximate surface area is 73.8 Å². The van der Waals surface area contributed by atoms with E-state index >= 15 is 0 Å². The molecule has 0 heterocycles. The molecule has 1 fully saturated rings. The number of aliphatic hydroxyl groups excluding tert-OH is 2. The Balaban J connectivity index is 2.08. The predicted octanol–water partition coefficient (Wildman–Crippen LogP) is -0.0231. The van der Waals surface area contributed by atoms with Gasteiger partial charge in [0.1, 0.15) is 0 Å². The number of hydrogen-bond acceptors (Lipinski definition) is 3. The molecule has 0 bridgehead atoms. The quantitative estimate of drug-likeness (QED) is 0.529. The molecule has 12 heavy (non-hydrogen) atoms. The molecular formula is C9H19NO2. The fraction of sp³-hybridized carbons (Fsp3) is 1.00. The number of nitrogens with one attached hydrogen (secondary N) is 1. The van der Waals surface area contributed by atoms with Crippen LogP contribution in [0.25, 0.3) is 0 Å². The largest absolute Gasteiger partial charge is 0.396 e. The van der Waals surface area contributed by atoms with Crippen molar-refractivity contribution < 1.29 is 10.2 Å². The first-order valence-corrected chi connectivity index (χ1v) is 4.62. The van der Waals surface area contributed by atoms with Crippen molar-refractivity contribution in [3.63, 3.8) is 0 Å². The van der Waals surface area contributed by atoms with E-state index in [1.807, 2.05) is 6.92 Å². The molecule has 1 aliphatic carbocycles. The van der Waals surface area contributed by atoms with Crippen LogP contribution in [0.2, 0.25) is 0 Å². The summed E-state index contributed by atoms with van der Waals surface area (Å²) < 4.78 is 0. The van der Waals surface area contributed by atoms with Crippen LogP contribution in [0.15, 0.2) is 0 Å². The van der Waals surface area contributed by atoms with Crippen LogP contribution in [0.1, 0.15) is 19.8 Å². The maximum absolute atomic E-state index is 8.97. The third-order valence-corrected chi connectivity index (χ3v) is 2.45. The first kappa shape index (κ1) is 9.96. The highest BCUT2D eigenvalue weighted by Gasteiger charge is 2.25. The highest BCUT2D eigenvalue weighted by Crippen LogP contribution is 2.27. The topological polar surface area (TPSA) is 52.5 Å². The molecule has 0 aromatic heterocycles. The van der Waals surface area contributed by atoms with Crippen molar-refractivity contribution in [3.05, 3.63) is 0 Å². The average Bonchev–Trinajstić information content (AvgIpc) is 2.88. The molecule has 0 aromatic carbocycles. The summed E-state index contributed by atoms with van der Waals surface area (Å²) >= 11 is 0. The van der Waals surface area contributed by atoms with Gasteiger partial charge < -0.3 is 15.5 Å². The molecule has 1 saturated carbocycles. The van der Waals surface area contributed by atoms with Gasteiger partial charge in [-0.2, -0.15) is 0 Å². The van der Waals surface area contributed by atoms with Crippen molar-refractivity contribution in [2.45, 2.75) is 19.8 Å². The fourth-order valence-corrected chi connectivity index (χ4v) is 1.06. The normalized spacial score (nSPS) is 18.2. The highest BCUT2D eigenvalue weighted by molar-refractivity contribution is 4.79. The molecule has 0 amide bonds. The molecule has 3 nitrogen and oxygen atoms in total. The fourth-order valence-electron chi connectivity index (χ4n) is 1.06. The Kier molecular flexibility index (Phi) is 3.50. The molecule has 0 unspecified atom stereocenters. The summed E-state index contributed by atoms with van der Waals surface area (Å²) in [4.78, 5) is 0. The minimum atomic E-state index is -0.352. The molecule has 72 valence electrons. The third-order valence-electron chi connectivity index (χ3n) is 2.45. The van der Waals surface area contributed by atoms with Gasteiger partial charge in [-0.1, -0.05) is 6.92 Å². The van der Waals surface area contributed by atoms with Gasteiger partial charge in [-0.05, 0) is 25.3 Å². The molecule has 0 radical (unpaired) electrons. The van der Waals surface area contributed by atoms with Crippen LogP contribution in [0.5, 0.6) is 0 Å². The van der Waals surface area contributed by atoms with Crippen molar-refractivity contribution in [3.8, 4) is 0 Å². The van der Waals surface area contributed by atoms with Gasteiger partial charge in [0.25, 0.3) is 0 Å². The molecule has 0 aliphatic heterocycles. The van der Waals surface area contributed by atoms with Crippen molar-refractivity contribution in [1.82, 2.24) is 5.32 Å². The van der Waals surface area contributed by atoms with Crippen LogP contribution in [0.3, 0.4) is 0 Å². The molecule has 1 aliphatic rings. The SMILES string of the molecule is CC(CO)(CO)CNCC1CC1. The van der Waals surface area contributed by atoms with Gasteiger partial charge in [-0.25, -0.2) is 0 Å². The van der Waals surface area contributed by atoms with Gasteiger partial charge in [0.15, 0.2) is 0 Å². The van der Waals surface area contributed by atoms with Crippen LogP contribution in [-0.4, -0.2) is 36.5 Å². The van der Waals surface area contributed by atoms with E-state index in [9.17, 15) is 0 Å². The molecular weight excluding hydrogens is 154 g/mol. The summed E-state index contributed by atoms with van der Waals surface area (Å²) in [5.41, 5.74) is -0.352. The van der Waals surface area contributed by atoms with Crippen LogP contribution in [-0.2, 0) is 0 Å². The monoisotopic (exact) mass is 173 g/mol. The number of hydrogen-bond donors (Lipinski definition) is 3. The first-order valence-electron chi connectivity index (χ1n) is 4.62. The Morgan fingerprint density at radius 3 is 2.33 bits per heavy atom. The van der Waals surface area contributed by atoms with Crippen LogP contribution < -0.4 is 5.32 Å². The standard InChI is InChI=1S/C9H19NO2/c1-9(6-11,7-12)5-10-4-8-2-3-8/h8,10-12H,2-7H2,1H3. The van der Waals surface area contributed by atoms with Gasteiger partial charge >= 0.3 is 0 Å². The van der Waals surface area contributed by atoms with Crippen molar-refractivity contribution >= 4 is 0 Å². The van der Waals surface area contributed by atoms with Gasteiger partial charge in [0.05, 0.1) is 13.2 Å². The van der Waals surface area contributed by atoms with Gasteiger partial charge in [0, 0.05) is 12.0 Å². The number of rotatable bonds is 6. The van der Waals surface area contributed by atoms with E-state index in [1.54, 1.807) is 0 Å². The summed E-state index contributed by atoms with van der Waals surface area (Å²) in [6.45, 7) is 3.71.